The number of nitrogen functional groups attached to an aromatic ring is 3. The van der Waals surface area contributed by atoms with Crippen LogP contribution in [0.1, 0.15) is 0 Å². The summed E-state index contributed by atoms with van der Waals surface area (Å²) in [5, 5.41) is 0. The summed E-state index contributed by atoms with van der Waals surface area (Å²) < 4.78 is 0. The Morgan fingerprint density at radius 1 is 1.13 bits per heavy atom. The summed E-state index contributed by atoms with van der Waals surface area (Å²) in [5.41, 5.74) is 21.8. The Bertz CT molecular complexity index is 278. The third-order valence-corrected chi connectivity index (χ3v) is 0.890. The largest absolute Gasteiger partial charge is 0.368 e. The van der Waals surface area contributed by atoms with Gasteiger partial charge in [0, 0.05) is 0 Å². The average molecular weight is 216 g/mol. The van der Waals surface area contributed by atoms with Crippen molar-refractivity contribution in [3.63, 3.8) is 0 Å². The summed E-state index contributed by atoms with van der Waals surface area (Å²) in [6, 6.07) is -0.683. The fourth-order valence-corrected chi connectivity index (χ4v) is 0.528. The highest BCUT2D eigenvalue weighted by molar-refractivity contribution is 5.70. The quantitative estimate of drug-likeness (QED) is 0.328. The van der Waals surface area contributed by atoms with Crippen molar-refractivity contribution in [1.29, 1.82) is 0 Å². The molecule has 0 saturated heterocycles. The molecule has 2 amide bonds. The van der Waals surface area contributed by atoms with E-state index in [9.17, 15) is 4.79 Å². The maximum Gasteiger partial charge on any atom is 0.336 e. The number of aromatic nitrogens is 3. The molecule has 15 heavy (non-hydrogen) atoms. The normalized spacial score (nSPS) is 8.60. The lowest BCUT2D eigenvalue weighted by Crippen LogP contribution is -2.27. The lowest BCUT2D eigenvalue weighted by atomic mass is 10.9. The lowest BCUT2D eigenvalue weighted by molar-refractivity contribution is 0.112. The van der Waals surface area contributed by atoms with Gasteiger partial charge in [-0.1, -0.05) is 0 Å². The minimum Gasteiger partial charge on any atom is -0.368 e. The van der Waals surface area contributed by atoms with Gasteiger partial charge < -0.3 is 22.9 Å². The SMILES string of the molecule is CONC(N)=O.Nc1nc(N)nc(N)n1. The van der Waals surface area contributed by atoms with Gasteiger partial charge in [0.05, 0.1) is 7.11 Å². The molecule has 0 aliphatic rings. The fourth-order valence-electron chi connectivity index (χ4n) is 0.528. The molecule has 0 radical (unpaired) electrons. The van der Waals surface area contributed by atoms with Gasteiger partial charge in [0.15, 0.2) is 0 Å². The molecule has 1 rings (SSSR count). The van der Waals surface area contributed by atoms with Crippen LogP contribution in [0.5, 0.6) is 0 Å². The maximum atomic E-state index is 9.59. The number of nitrogens with one attached hydrogen (secondary N) is 1. The first-order chi connectivity index (χ1) is 6.95. The lowest BCUT2D eigenvalue weighted by Gasteiger charge is -1.93. The van der Waals surface area contributed by atoms with Crippen LogP contribution in [0, 0.1) is 0 Å². The average Bonchev–Trinajstić information content (AvgIpc) is 2.00. The van der Waals surface area contributed by atoms with Crippen LogP contribution in [0.15, 0.2) is 0 Å². The van der Waals surface area contributed by atoms with E-state index < -0.39 is 6.03 Å². The van der Waals surface area contributed by atoms with Gasteiger partial charge in [0.2, 0.25) is 17.8 Å². The third kappa shape index (κ3) is 6.77. The number of hydrogen-bond acceptors (Lipinski definition) is 8. The zero-order chi connectivity index (χ0) is 11.8. The van der Waals surface area contributed by atoms with Crippen molar-refractivity contribution < 1.29 is 9.63 Å². The van der Waals surface area contributed by atoms with Crippen LogP contribution in [-0.4, -0.2) is 28.1 Å². The second-order valence-corrected chi connectivity index (χ2v) is 2.08. The van der Waals surface area contributed by atoms with Crippen LogP contribution in [0.3, 0.4) is 0 Å². The number of nitrogens with zero attached hydrogens (tertiary/aromatic N) is 3. The molecule has 0 aromatic carbocycles. The second kappa shape index (κ2) is 6.15. The Hall–Kier alpha value is -2.36. The van der Waals surface area contributed by atoms with E-state index in [4.69, 9.17) is 17.2 Å². The first-order valence-electron chi connectivity index (χ1n) is 3.56. The van der Waals surface area contributed by atoms with Crippen molar-refractivity contribution in [3.8, 4) is 0 Å². The van der Waals surface area contributed by atoms with Crippen LogP contribution in [-0.2, 0) is 4.84 Å². The van der Waals surface area contributed by atoms with Crippen molar-refractivity contribution in [3.05, 3.63) is 0 Å². The second-order valence-electron chi connectivity index (χ2n) is 2.08. The molecule has 1 aromatic rings. The van der Waals surface area contributed by atoms with Crippen LogP contribution >= 0.6 is 0 Å². The summed E-state index contributed by atoms with van der Waals surface area (Å²) >= 11 is 0. The van der Waals surface area contributed by atoms with Gasteiger partial charge in [-0.15, -0.1) is 0 Å². The Morgan fingerprint density at radius 2 is 1.47 bits per heavy atom. The van der Waals surface area contributed by atoms with E-state index in [-0.39, 0.29) is 17.8 Å². The van der Waals surface area contributed by atoms with Gasteiger partial charge in [0.25, 0.3) is 0 Å². The summed E-state index contributed by atoms with van der Waals surface area (Å²) in [4.78, 5) is 24.1. The number of hydrogen-bond donors (Lipinski definition) is 5. The standard InChI is InChI=1S/C3H6N6.C2H6N2O2/c4-1-7-2(5)9-3(6)8-1;1-6-4-2(3)5/h(H6,4,5,6,7,8,9);1H3,(H3,3,4,5). The van der Waals surface area contributed by atoms with Crippen molar-refractivity contribution in [1.82, 2.24) is 20.4 Å². The monoisotopic (exact) mass is 216 g/mol. The highest BCUT2D eigenvalue weighted by Crippen LogP contribution is 1.97. The summed E-state index contributed by atoms with van der Waals surface area (Å²) in [5.74, 6) is 0.125. The maximum absolute atomic E-state index is 9.59. The molecular weight excluding hydrogens is 204 g/mol. The molecule has 84 valence electrons. The first kappa shape index (κ1) is 12.6. The van der Waals surface area contributed by atoms with Crippen LogP contribution in [0.4, 0.5) is 22.6 Å². The Kier molecular flexibility index (Phi) is 5.18. The van der Waals surface area contributed by atoms with E-state index in [2.05, 4.69) is 25.5 Å². The molecule has 9 N–H and O–H groups in total. The molecule has 0 atom stereocenters. The van der Waals surface area contributed by atoms with E-state index in [1.165, 1.54) is 7.11 Å². The van der Waals surface area contributed by atoms with E-state index in [0.29, 0.717) is 0 Å². The van der Waals surface area contributed by atoms with Crippen molar-refractivity contribution in [2.24, 2.45) is 5.73 Å². The molecule has 1 aromatic heterocycles. The summed E-state index contributed by atoms with van der Waals surface area (Å²) in [6.45, 7) is 0. The number of anilines is 3. The van der Waals surface area contributed by atoms with Gasteiger partial charge in [-0.25, -0.2) is 10.3 Å². The molecule has 0 bridgehead atoms. The smallest absolute Gasteiger partial charge is 0.336 e. The third-order valence-electron chi connectivity index (χ3n) is 0.890. The number of carbonyl (C=O) groups is 1. The van der Waals surface area contributed by atoms with Crippen LogP contribution in [0.2, 0.25) is 0 Å². The number of primary amides is 1. The first-order valence-corrected chi connectivity index (χ1v) is 3.56. The Labute approximate surface area is 85.0 Å². The Morgan fingerprint density at radius 3 is 1.60 bits per heavy atom. The molecule has 0 spiro atoms. The number of rotatable bonds is 1. The van der Waals surface area contributed by atoms with E-state index in [1.807, 2.05) is 5.48 Å². The molecular formula is C5H12N8O2. The molecule has 0 aliphatic heterocycles. The van der Waals surface area contributed by atoms with Gasteiger partial charge in [-0.3, -0.25) is 4.84 Å². The van der Waals surface area contributed by atoms with Gasteiger partial charge in [0.1, 0.15) is 0 Å². The van der Waals surface area contributed by atoms with Crippen molar-refractivity contribution >= 4 is 23.9 Å². The zero-order valence-electron chi connectivity index (χ0n) is 7.97. The minimum atomic E-state index is -0.683. The van der Waals surface area contributed by atoms with Gasteiger partial charge in [-0.05, 0) is 0 Å². The summed E-state index contributed by atoms with van der Waals surface area (Å²) in [6.07, 6.45) is 0. The molecule has 0 fully saturated rings. The number of amides is 2. The molecule has 10 nitrogen and oxygen atoms in total. The van der Waals surface area contributed by atoms with Crippen LogP contribution < -0.4 is 28.4 Å². The van der Waals surface area contributed by atoms with Crippen molar-refractivity contribution in [2.45, 2.75) is 0 Å². The van der Waals surface area contributed by atoms with E-state index in [1.54, 1.807) is 0 Å². The van der Waals surface area contributed by atoms with Crippen molar-refractivity contribution in [2.75, 3.05) is 24.3 Å². The number of nitrogens with two attached hydrogens (primary N) is 4. The van der Waals surface area contributed by atoms with Gasteiger partial charge in [-0.2, -0.15) is 15.0 Å². The predicted octanol–water partition coefficient (Wildman–Crippen LogP) is -2.17. The Balaban J connectivity index is 0.000000288. The highest BCUT2D eigenvalue weighted by Gasteiger charge is 1.93. The van der Waals surface area contributed by atoms with E-state index in [0.717, 1.165) is 0 Å². The van der Waals surface area contributed by atoms with Gasteiger partial charge >= 0.3 is 6.03 Å². The van der Waals surface area contributed by atoms with Crippen LogP contribution in [0.25, 0.3) is 0 Å². The number of hydroxylamine groups is 1. The molecule has 1 heterocycles. The summed E-state index contributed by atoms with van der Waals surface area (Å²) in [7, 11) is 1.31. The number of carbonyl (C=O) groups excluding carboxylic acids is 1. The number of urea groups is 1. The fraction of sp³-hybridized carbons (Fsp3) is 0.200. The predicted molar refractivity (Wildman–Crippen MR) is 52.8 cm³/mol. The minimum absolute atomic E-state index is 0.0417. The van der Waals surface area contributed by atoms with E-state index >= 15 is 0 Å². The molecule has 0 saturated carbocycles. The highest BCUT2D eigenvalue weighted by atomic mass is 16.6. The topological polar surface area (TPSA) is 181 Å². The zero-order valence-corrected chi connectivity index (χ0v) is 7.97. The molecule has 0 aliphatic carbocycles. The molecule has 10 heteroatoms. The molecule has 0 unspecified atom stereocenters.